The van der Waals surface area contributed by atoms with E-state index >= 15 is 0 Å². The lowest BCUT2D eigenvalue weighted by atomic mass is 9.89. The number of hydrogen-bond acceptors (Lipinski definition) is 4. The van der Waals surface area contributed by atoms with Gasteiger partial charge in [0.15, 0.2) is 0 Å². The molecule has 0 radical (unpaired) electrons. The van der Waals surface area contributed by atoms with Gasteiger partial charge >= 0.3 is 0 Å². The number of morpholine rings is 1. The van der Waals surface area contributed by atoms with Crippen molar-refractivity contribution >= 4 is 16.8 Å². The minimum Gasteiger partial charge on any atom is -0.379 e. The Morgan fingerprint density at radius 3 is 2.76 bits per heavy atom. The van der Waals surface area contributed by atoms with Crippen LogP contribution in [0.25, 0.3) is 22.0 Å². The Morgan fingerprint density at radius 2 is 1.97 bits per heavy atom. The quantitative estimate of drug-likeness (QED) is 0.638. The molecular formula is C27H34N4O2. The zero-order valence-corrected chi connectivity index (χ0v) is 19.7. The van der Waals surface area contributed by atoms with Crippen LogP contribution in [0.15, 0.2) is 42.7 Å². The Labute approximate surface area is 195 Å². The Balaban J connectivity index is 1.40. The molecule has 2 unspecified atom stereocenters. The van der Waals surface area contributed by atoms with Crippen LogP contribution in [0.5, 0.6) is 0 Å². The second-order valence-electron chi connectivity index (χ2n) is 9.64. The van der Waals surface area contributed by atoms with Crippen molar-refractivity contribution in [3.8, 4) is 11.1 Å². The van der Waals surface area contributed by atoms with Crippen LogP contribution in [0, 0.1) is 12.8 Å². The summed E-state index contributed by atoms with van der Waals surface area (Å²) in [5.74, 6) is 0.588. The molecule has 4 heterocycles. The van der Waals surface area contributed by atoms with E-state index in [2.05, 4.69) is 63.9 Å². The molecule has 3 aromatic rings. The van der Waals surface area contributed by atoms with Gasteiger partial charge in [-0.05, 0) is 49.6 Å². The van der Waals surface area contributed by atoms with Crippen molar-refractivity contribution in [3.05, 3.63) is 54.0 Å². The molecule has 1 amide bonds. The van der Waals surface area contributed by atoms with Gasteiger partial charge in [0.1, 0.15) is 0 Å². The number of aryl methyl sites for hydroxylation is 1. The van der Waals surface area contributed by atoms with E-state index < -0.39 is 0 Å². The van der Waals surface area contributed by atoms with Gasteiger partial charge in [0.2, 0.25) is 5.91 Å². The summed E-state index contributed by atoms with van der Waals surface area (Å²) in [7, 11) is 0. The van der Waals surface area contributed by atoms with Crippen LogP contribution in [0.3, 0.4) is 0 Å². The number of carbonyl (C=O) groups excluding carboxylic acids is 1. The second kappa shape index (κ2) is 9.65. The van der Waals surface area contributed by atoms with Gasteiger partial charge in [0, 0.05) is 79.1 Å². The van der Waals surface area contributed by atoms with Crippen molar-refractivity contribution in [2.24, 2.45) is 5.92 Å². The maximum atomic E-state index is 13.4. The molecule has 5 rings (SSSR count). The van der Waals surface area contributed by atoms with Gasteiger partial charge in [-0.3, -0.25) is 14.7 Å². The van der Waals surface area contributed by atoms with E-state index in [4.69, 9.17) is 4.74 Å². The molecule has 0 bridgehead atoms. The minimum atomic E-state index is 0.00637. The number of nitrogens with one attached hydrogen (secondary N) is 1. The van der Waals surface area contributed by atoms with Crippen LogP contribution >= 0.6 is 0 Å². The van der Waals surface area contributed by atoms with E-state index in [-0.39, 0.29) is 11.8 Å². The third-order valence-corrected chi connectivity index (χ3v) is 7.15. The first-order chi connectivity index (χ1) is 16.1. The first kappa shape index (κ1) is 22.1. The maximum Gasteiger partial charge on any atom is 0.226 e. The number of benzene rings is 1. The largest absolute Gasteiger partial charge is 0.379 e. The predicted octanol–water partition coefficient (Wildman–Crippen LogP) is 4.21. The molecule has 2 aliphatic rings. The number of pyridine rings is 1. The molecule has 0 spiro atoms. The minimum absolute atomic E-state index is 0.00637. The fraction of sp³-hybridized carbons (Fsp3) is 0.481. The number of likely N-dealkylation sites (tertiary alicyclic amines) is 1. The Bertz CT molecular complexity index is 1100. The molecule has 2 aliphatic heterocycles. The summed E-state index contributed by atoms with van der Waals surface area (Å²) >= 11 is 0. The predicted molar refractivity (Wildman–Crippen MR) is 131 cm³/mol. The zero-order chi connectivity index (χ0) is 22.8. The Hall–Kier alpha value is -2.70. The van der Waals surface area contributed by atoms with E-state index in [1.807, 2.05) is 12.4 Å². The Morgan fingerprint density at radius 1 is 1.18 bits per heavy atom. The molecule has 1 aromatic carbocycles. The molecular weight excluding hydrogens is 412 g/mol. The van der Waals surface area contributed by atoms with Gasteiger partial charge in [-0.15, -0.1) is 0 Å². The van der Waals surface area contributed by atoms with Crippen molar-refractivity contribution in [3.63, 3.8) is 0 Å². The smallest absolute Gasteiger partial charge is 0.226 e. The molecule has 6 heteroatoms. The average molecular weight is 447 g/mol. The standard InChI is InChI=1S/C27H34N4O2/c1-19-5-6-24-23(16-19)25(21-7-9-28-10-8-21)26(29-24)22-4-3-11-31(18-22)27(32)20(2)17-30-12-14-33-15-13-30/h5-10,16,20,22,29H,3-4,11-15,17-18H2,1-2H3. The number of amides is 1. The fourth-order valence-electron chi connectivity index (χ4n) is 5.44. The maximum absolute atomic E-state index is 13.4. The summed E-state index contributed by atoms with van der Waals surface area (Å²) < 4.78 is 5.46. The summed E-state index contributed by atoms with van der Waals surface area (Å²) in [5.41, 5.74) is 6.10. The second-order valence-corrected chi connectivity index (χ2v) is 9.64. The SMILES string of the molecule is Cc1ccc2[nH]c(C3CCCN(C(=O)C(C)CN4CCOCC4)C3)c(-c3ccncc3)c2c1. The van der Waals surface area contributed by atoms with Crippen LogP contribution in [0.1, 0.15) is 36.9 Å². The summed E-state index contributed by atoms with van der Waals surface area (Å²) in [6.07, 6.45) is 5.84. The fourth-order valence-corrected chi connectivity index (χ4v) is 5.44. The van der Waals surface area contributed by atoms with Crippen LogP contribution in [0.2, 0.25) is 0 Å². The van der Waals surface area contributed by atoms with Crippen molar-refractivity contribution in [1.82, 2.24) is 19.8 Å². The highest BCUT2D eigenvalue weighted by molar-refractivity contribution is 5.98. The van der Waals surface area contributed by atoms with Crippen LogP contribution in [0.4, 0.5) is 0 Å². The highest BCUT2D eigenvalue weighted by Gasteiger charge is 2.31. The number of aromatic nitrogens is 2. The molecule has 174 valence electrons. The first-order valence-electron chi connectivity index (χ1n) is 12.2. The number of fused-ring (bicyclic) bond motifs is 1. The first-order valence-corrected chi connectivity index (χ1v) is 12.2. The van der Waals surface area contributed by atoms with Gasteiger partial charge in [-0.1, -0.05) is 18.6 Å². The topological polar surface area (TPSA) is 61.5 Å². The lowest BCUT2D eigenvalue weighted by molar-refractivity contribution is -0.137. The third-order valence-electron chi connectivity index (χ3n) is 7.15. The molecule has 0 saturated carbocycles. The summed E-state index contributed by atoms with van der Waals surface area (Å²) in [6, 6.07) is 10.8. The summed E-state index contributed by atoms with van der Waals surface area (Å²) in [5, 5.41) is 1.25. The molecule has 0 aliphatic carbocycles. The van der Waals surface area contributed by atoms with Crippen molar-refractivity contribution in [2.75, 3.05) is 45.9 Å². The molecule has 6 nitrogen and oxygen atoms in total. The summed E-state index contributed by atoms with van der Waals surface area (Å²) in [4.78, 5) is 25.8. The van der Waals surface area contributed by atoms with Crippen molar-refractivity contribution in [2.45, 2.75) is 32.6 Å². The van der Waals surface area contributed by atoms with E-state index in [1.54, 1.807) is 0 Å². The molecule has 2 aromatic heterocycles. The van der Waals surface area contributed by atoms with Gasteiger partial charge in [-0.25, -0.2) is 0 Å². The number of ether oxygens (including phenoxy) is 1. The number of nitrogens with zero attached hydrogens (tertiary/aromatic N) is 3. The number of carbonyl (C=O) groups is 1. The van der Waals surface area contributed by atoms with E-state index in [0.717, 1.165) is 64.3 Å². The molecule has 33 heavy (non-hydrogen) atoms. The lowest BCUT2D eigenvalue weighted by Gasteiger charge is -2.36. The lowest BCUT2D eigenvalue weighted by Crippen LogP contribution is -2.46. The van der Waals surface area contributed by atoms with E-state index in [0.29, 0.717) is 5.92 Å². The van der Waals surface area contributed by atoms with Crippen LogP contribution in [-0.4, -0.2) is 71.6 Å². The van der Waals surface area contributed by atoms with Gasteiger partial charge < -0.3 is 14.6 Å². The average Bonchev–Trinajstić information content (AvgIpc) is 3.23. The number of hydrogen-bond donors (Lipinski definition) is 1. The highest BCUT2D eigenvalue weighted by Crippen LogP contribution is 2.39. The van der Waals surface area contributed by atoms with Crippen LogP contribution < -0.4 is 0 Å². The molecule has 2 atom stereocenters. The van der Waals surface area contributed by atoms with E-state index in [9.17, 15) is 4.79 Å². The number of H-pyrrole nitrogens is 1. The van der Waals surface area contributed by atoms with Gasteiger partial charge in [0.25, 0.3) is 0 Å². The third kappa shape index (κ3) is 4.68. The van der Waals surface area contributed by atoms with Gasteiger partial charge in [-0.2, -0.15) is 0 Å². The molecule has 2 fully saturated rings. The highest BCUT2D eigenvalue weighted by atomic mass is 16.5. The Kier molecular flexibility index (Phi) is 6.47. The summed E-state index contributed by atoms with van der Waals surface area (Å²) in [6.45, 7) is 10.0. The monoisotopic (exact) mass is 446 g/mol. The zero-order valence-electron chi connectivity index (χ0n) is 19.7. The normalized spacial score (nSPS) is 20.8. The van der Waals surface area contributed by atoms with Crippen molar-refractivity contribution in [1.29, 1.82) is 0 Å². The van der Waals surface area contributed by atoms with E-state index in [1.165, 1.54) is 27.8 Å². The number of piperidine rings is 1. The van der Waals surface area contributed by atoms with Crippen LogP contribution in [-0.2, 0) is 9.53 Å². The molecule has 2 saturated heterocycles. The van der Waals surface area contributed by atoms with Gasteiger partial charge in [0.05, 0.1) is 13.2 Å². The molecule has 1 N–H and O–H groups in total. The number of rotatable bonds is 5. The number of aromatic amines is 1. The van der Waals surface area contributed by atoms with Crippen molar-refractivity contribution < 1.29 is 9.53 Å².